The molecule has 0 rings (SSSR count). The van der Waals surface area contributed by atoms with Crippen LogP contribution in [0.3, 0.4) is 0 Å². The van der Waals surface area contributed by atoms with E-state index in [9.17, 15) is 4.55 Å². The van der Waals surface area contributed by atoms with Crippen molar-refractivity contribution in [1.29, 1.82) is 0 Å². The minimum atomic E-state index is -1.74. The van der Waals surface area contributed by atoms with Crippen molar-refractivity contribution in [3.05, 3.63) is 0 Å². The van der Waals surface area contributed by atoms with Gasteiger partial charge in [0, 0.05) is 0 Å². The van der Waals surface area contributed by atoms with Crippen LogP contribution in [0, 0.1) is 0 Å². The van der Waals surface area contributed by atoms with Gasteiger partial charge in [0.05, 0.1) is 12.3 Å². The SMILES string of the molecule is C/C(CO[Si](C)(C)C(C)(C)C)=N/[S+]([O-])C(C)(C)C. The molecule has 0 heterocycles. The lowest BCUT2D eigenvalue weighted by atomic mass is 10.2. The average molecular weight is 292 g/mol. The Labute approximate surface area is 117 Å². The summed E-state index contributed by atoms with van der Waals surface area (Å²) in [5.41, 5.74) is 0.813. The lowest BCUT2D eigenvalue weighted by Gasteiger charge is -2.36. The first-order valence-corrected chi connectivity index (χ1v) is 10.4. The average Bonchev–Trinajstić information content (AvgIpc) is 2.11. The maximum atomic E-state index is 11.9. The fourth-order valence-corrected chi connectivity index (χ4v) is 2.42. The van der Waals surface area contributed by atoms with Crippen molar-refractivity contribution in [1.82, 2.24) is 0 Å². The van der Waals surface area contributed by atoms with Gasteiger partial charge in [0.1, 0.15) is 16.1 Å². The lowest BCUT2D eigenvalue weighted by molar-refractivity contribution is 0.339. The molecule has 0 spiro atoms. The van der Waals surface area contributed by atoms with Crippen molar-refractivity contribution < 1.29 is 8.98 Å². The van der Waals surface area contributed by atoms with Crippen molar-refractivity contribution in [2.24, 2.45) is 4.40 Å². The molecule has 0 saturated heterocycles. The van der Waals surface area contributed by atoms with E-state index >= 15 is 0 Å². The zero-order valence-corrected chi connectivity index (χ0v) is 15.2. The minimum Gasteiger partial charge on any atom is -0.591 e. The summed E-state index contributed by atoms with van der Waals surface area (Å²) >= 11 is -1.19. The van der Waals surface area contributed by atoms with Gasteiger partial charge in [0.15, 0.2) is 8.32 Å². The van der Waals surface area contributed by atoms with Crippen LogP contribution >= 0.6 is 0 Å². The Bertz CT molecular complexity index is 303. The summed E-state index contributed by atoms with van der Waals surface area (Å²) in [5, 5.41) is 0.191. The molecule has 0 fully saturated rings. The van der Waals surface area contributed by atoms with E-state index in [-0.39, 0.29) is 9.79 Å². The molecule has 1 unspecified atom stereocenters. The van der Waals surface area contributed by atoms with Crippen molar-refractivity contribution in [2.45, 2.75) is 71.3 Å². The molecule has 0 amide bonds. The van der Waals surface area contributed by atoms with Crippen LogP contribution in [0.5, 0.6) is 0 Å². The summed E-state index contributed by atoms with van der Waals surface area (Å²) in [6.45, 7) is 19.2. The Morgan fingerprint density at radius 1 is 1.17 bits per heavy atom. The third-order valence-corrected chi connectivity index (χ3v) is 9.21. The fourth-order valence-electron chi connectivity index (χ4n) is 0.806. The molecule has 0 N–H and O–H groups in total. The van der Waals surface area contributed by atoms with E-state index in [0.717, 1.165) is 5.71 Å². The maximum Gasteiger partial charge on any atom is 0.192 e. The second kappa shape index (κ2) is 6.07. The number of hydrogen-bond acceptors (Lipinski definition) is 3. The Kier molecular flexibility index (Phi) is 6.13. The number of rotatable bonds is 4. The topological polar surface area (TPSA) is 44.6 Å². The normalized spacial score (nSPS) is 16.9. The van der Waals surface area contributed by atoms with Gasteiger partial charge in [-0.3, -0.25) is 0 Å². The summed E-state index contributed by atoms with van der Waals surface area (Å²) in [4.78, 5) is 0. The van der Waals surface area contributed by atoms with Crippen molar-refractivity contribution in [2.75, 3.05) is 6.61 Å². The van der Waals surface area contributed by atoms with Gasteiger partial charge in [-0.2, -0.15) is 0 Å². The summed E-state index contributed by atoms with van der Waals surface area (Å²) < 4.78 is 21.8. The van der Waals surface area contributed by atoms with Crippen LogP contribution in [0.25, 0.3) is 0 Å². The highest BCUT2D eigenvalue weighted by Crippen LogP contribution is 2.36. The number of hydrogen-bond donors (Lipinski definition) is 0. The molecule has 0 saturated carbocycles. The van der Waals surface area contributed by atoms with Crippen LogP contribution in [-0.2, 0) is 15.8 Å². The molecule has 0 aliphatic heterocycles. The van der Waals surface area contributed by atoms with E-state index < -0.39 is 19.7 Å². The summed E-state index contributed by atoms with van der Waals surface area (Å²) in [6.07, 6.45) is 0. The zero-order valence-electron chi connectivity index (χ0n) is 13.4. The second-order valence-electron chi connectivity index (χ2n) is 7.24. The van der Waals surface area contributed by atoms with Crippen LogP contribution in [0.2, 0.25) is 18.1 Å². The molecule has 0 aromatic heterocycles. The lowest BCUT2D eigenvalue weighted by Crippen LogP contribution is -2.42. The van der Waals surface area contributed by atoms with E-state index in [1.165, 1.54) is 0 Å². The molecular weight excluding hydrogens is 262 g/mol. The molecule has 0 radical (unpaired) electrons. The van der Waals surface area contributed by atoms with Gasteiger partial charge in [-0.25, -0.2) is 0 Å². The van der Waals surface area contributed by atoms with Crippen LogP contribution in [-0.4, -0.2) is 29.9 Å². The van der Waals surface area contributed by atoms with E-state index in [2.05, 4.69) is 38.3 Å². The minimum absolute atomic E-state index is 0.191. The van der Waals surface area contributed by atoms with Crippen molar-refractivity contribution >= 4 is 25.4 Å². The molecule has 0 aliphatic rings. The first-order chi connectivity index (χ1) is 7.77. The molecule has 0 aliphatic carbocycles. The first-order valence-electron chi connectivity index (χ1n) is 6.37. The van der Waals surface area contributed by atoms with E-state index in [1.54, 1.807) is 0 Å². The molecule has 3 nitrogen and oxygen atoms in total. The van der Waals surface area contributed by atoms with Gasteiger partial charge in [0.25, 0.3) is 0 Å². The molecule has 1 atom stereocenters. The predicted octanol–water partition coefficient (Wildman–Crippen LogP) is 3.93. The van der Waals surface area contributed by atoms with Gasteiger partial charge >= 0.3 is 0 Å². The third-order valence-electron chi connectivity index (χ3n) is 3.21. The maximum absolute atomic E-state index is 11.9. The van der Waals surface area contributed by atoms with E-state index in [4.69, 9.17) is 4.43 Å². The summed E-state index contributed by atoms with van der Waals surface area (Å²) in [6, 6.07) is 0. The van der Waals surface area contributed by atoms with Gasteiger partial charge in [-0.15, -0.1) is 0 Å². The standard InChI is InChI=1S/C13H29NO2SSi/c1-11(14-17(15)12(2,3)4)10-16-18(8,9)13(5,6)7/h10H2,1-9H3/b14-11-. The van der Waals surface area contributed by atoms with Crippen LogP contribution in [0.4, 0.5) is 0 Å². The van der Waals surface area contributed by atoms with E-state index in [1.807, 2.05) is 27.7 Å². The smallest absolute Gasteiger partial charge is 0.192 e. The molecule has 5 heteroatoms. The predicted molar refractivity (Wildman–Crippen MR) is 84.2 cm³/mol. The first kappa shape index (κ1) is 18.2. The van der Waals surface area contributed by atoms with Gasteiger partial charge in [0.2, 0.25) is 0 Å². The molecule has 0 aromatic rings. The van der Waals surface area contributed by atoms with E-state index in [0.29, 0.717) is 6.61 Å². The highest BCUT2D eigenvalue weighted by Gasteiger charge is 2.37. The summed E-state index contributed by atoms with van der Waals surface area (Å²) in [5.74, 6) is 0. The fraction of sp³-hybridized carbons (Fsp3) is 0.923. The largest absolute Gasteiger partial charge is 0.591 e. The van der Waals surface area contributed by atoms with Crippen LogP contribution < -0.4 is 0 Å². The molecule has 108 valence electrons. The Balaban J connectivity index is 4.53. The van der Waals surface area contributed by atoms with Crippen molar-refractivity contribution in [3.8, 4) is 0 Å². The Morgan fingerprint density at radius 2 is 1.61 bits per heavy atom. The third kappa shape index (κ3) is 5.86. The molecule has 18 heavy (non-hydrogen) atoms. The molecule has 0 bridgehead atoms. The summed E-state index contributed by atoms with van der Waals surface area (Å²) in [7, 11) is -1.74. The van der Waals surface area contributed by atoms with Gasteiger partial charge in [-0.05, 0) is 45.8 Å². The Morgan fingerprint density at radius 3 is 1.94 bits per heavy atom. The number of nitrogens with zero attached hydrogens (tertiary/aromatic N) is 1. The van der Waals surface area contributed by atoms with Gasteiger partial charge in [-0.1, -0.05) is 25.2 Å². The quantitative estimate of drug-likeness (QED) is 0.447. The Hall–Kier alpha value is 0.157. The van der Waals surface area contributed by atoms with Crippen LogP contribution in [0.15, 0.2) is 4.40 Å². The molecular formula is C13H29NO2SSi. The van der Waals surface area contributed by atoms with Crippen molar-refractivity contribution in [3.63, 3.8) is 0 Å². The van der Waals surface area contributed by atoms with Crippen LogP contribution in [0.1, 0.15) is 48.5 Å². The zero-order chi connectivity index (χ0) is 14.8. The second-order valence-corrected chi connectivity index (χ2v) is 14.0. The van der Waals surface area contributed by atoms with Gasteiger partial charge < -0.3 is 8.98 Å². The monoisotopic (exact) mass is 291 g/mol. The molecule has 0 aromatic carbocycles. The highest BCUT2D eigenvalue weighted by atomic mass is 32.2. The highest BCUT2D eigenvalue weighted by molar-refractivity contribution is 7.91.